The fraction of sp³-hybridized carbons (Fsp3) is 0.500. The molecule has 0 atom stereocenters. The van der Waals surface area contributed by atoms with Crippen LogP contribution in [0, 0.1) is 5.82 Å². The van der Waals surface area contributed by atoms with E-state index in [1.54, 1.807) is 12.1 Å². The van der Waals surface area contributed by atoms with Crippen LogP contribution in [0.5, 0.6) is 0 Å². The van der Waals surface area contributed by atoms with Crippen molar-refractivity contribution >= 4 is 23.3 Å². The first-order chi connectivity index (χ1) is 12.5. The predicted molar refractivity (Wildman–Crippen MR) is 92.6 cm³/mol. The number of halogens is 1. The molecule has 1 aromatic carbocycles. The van der Waals surface area contributed by atoms with Crippen LogP contribution in [0.4, 0.5) is 10.1 Å². The fourth-order valence-corrected chi connectivity index (χ4v) is 3.31. The summed E-state index contributed by atoms with van der Waals surface area (Å²) in [6, 6.07) is 4.54. The highest BCUT2D eigenvalue weighted by molar-refractivity contribution is 6.35. The van der Waals surface area contributed by atoms with Gasteiger partial charge in [0.05, 0.1) is 24.5 Å². The Labute approximate surface area is 151 Å². The molecule has 0 aromatic heterocycles. The van der Waals surface area contributed by atoms with E-state index in [1.807, 2.05) is 4.90 Å². The van der Waals surface area contributed by atoms with Gasteiger partial charge in [0.25, 0.3) is 0 Å². The van der Waals surface area contributed by atoms with Gasteiger partial charge in [0.1, 0.15) is 5.82 Å². The molecule has 3 rings (SSSR count). The lowest BCUT2D eigenvalue weighted by Gasteiger charge is -2.37. The van der Waals surface area contributed by atoms with E-state index in [-0.39, 0.29) is 11.3 Å². The summed E-state index contributed by atoms with van der Waals surface area (Å²) in [5, 5.41) is 0. The van der Waals surface area contributed by atoms with E-state index in [1.165, 1.54) is 22.8 Å². The fourth-order valence-electron chi connectivity index (χ4n) is 3.31. The van der Waals surface area contributed by atoms with Crippen LogP contribution in [0.25, 0.3) is 0 Å². The van der Waals surface area contributed by atoms with E-state index in [2.05, 4.69) is 0 Å². The van der Waals surface area contributed by atoms with Crippen LogP contribution in [0.15, 0.2) is 18.2 Å². The standard InChI is InChI=1S/C18H22FN3O4/c1-13(23)16-14(19)3-2-4-15(16)20-5-7-21(8-6-20)17(24)18(25)22-9-11-26-12-10-22/h2-4H,5-12H2,1H3. The Morgan fingerprint density at radius 2 is 1.50 bits per heavy atom. The minimum absolute atomic E-state index is 0.0664. The lowest BCUT2D eigenvalue weighted by atomic mass is 10.1. The van der Waals surface area contributed by atoms with Gasteiger partial charge in [-0.05, 0) is 19.1 Å². The van der Waals surface area contributed by atoms with E-state index >= 15 is 0 Å². The number of nitrogens with zero attached hydrogens (tertiary/aromatic N) is 3. The Bertz CT molecular complexity index is 710. The van der Waals surface area contributed by atoms with Gasteiger partial charge in [0.2, 0.25) is 0 Å². The molecule has 0 aliphatic carbocycles. The second-order valence-electron chi connectivity index (χ2n) is 6.37. The summed E-state index contributed by atoms with van der Waals surface area (Å²) in [6.45, 7) is 4.65. The molecule has 2 saturated heterocycles. The zero-order valence-electron chi connectivity index (χ0n) is 14.7. The lowest BCUT2D eigenvalue weighted by molar-refractivity contribution is -0.154. The molecule has 8 heteroatoms. The molecule has 1 aromatic rings. The van der Waals surface area contributed by atoms with Gasteiger partial charge in [-0.3, -0.25) is 14.4 Å². The zero-order chi connectivity index (χ0) is 18.7. The highest BCUT2D eigenvalue weighted by Crippen LogP contribution is 2.25. The molecule has 2 aliphatic rings. The number of morpholine rings is 1. The van der Waals surface area contributed by atoms with Crippen molar-refractivity contribution in [3.63, 3.8) is 0 Å². The summed E-state index contributed by atoms with van der Waals surface area (Å²) >= 11 is 0. The number of carbonyl (C=O) groups is 3. The smallest absolute Gasteiger partial charge is 0.312 e. The molecule has 0 saturated carbocycles. The normalized spacial score (nSPS) is 18.0. The topological polar surface area (TPSA) is 70.2 Å². The Hall–Kier alpha value is -2.48. The molecule has 0 unspecified atom stereocenters. The first kappa shape index (κ1) is 18.3. The van der Waals surface area contributed by atoms with Crippen molar-refractivity contribution < 1.29 is 23.5 Å². The van der Waals surface area contributed by atoms with E-state index in [0.29, 0.717) is 58.2 Å². The number of ketones is 1. The Morgan fingerprint density at radius 1 is 0.923 bits per heavy atom. The number of Topliss-reactive ketones (excluding diaryl/α,β-unsaturated/α-hetero) is 1. The summed E-state index contributed by atoms with van der Waals surface area (Å²) in [7, 11) is 0. The Kier molecular flexibility index (Phi) is 5.51. The predicted octanol–water partition coefficient (Wildman–Crippen LogP) is 0.536. The third-order valence-corrected chi connectivity index (χ3v) is 4.73. The van der Waals surface area contributed by atoms with Crippen molar-refractivity contribution in [1.29, 1.82) is 0 Å². The van der Waals surface area contributed by atoms with Crippen molar-refractivity contribution in [3.8, 4) is 0 Å². The van der Waals surface area contributed by atoms with E-state index < -0.39 is 17.6 Å². The number of anilines is 1. The minimum atomic E-state index is -0.545. The lowest BCUT2D eigenvalue weighted by Crippen LogP contribution is -2.54. The van der Waals surface area contributed by atoms with Crippen LogP contribution in [-0.4, -0.2) is 79.9 Å². The minimum Gasteiger partial charge on any atom is -0.378 e. The molecule has 0 spiro atoms. The molecule has 0 bridgehead atoms. The molecular formula is C18H22FN3O4. The van der Waals surface area contributed by atoms with Crippen LogP contribution < -0.4 is 4.90 Å². The summed E-state index contributed by atoms with van der Waals surface area (Å²) in [5.74, 6) is -1.90. The van der Waals surface area contributed by atoms with Gasteiger partial charge in [-0.1, -0.05) is 6.07 Å². The van der Waals surface area contributed by atoms with Crippen LogP contribution >= 0.6 is 0 Å². The molecule has 26 heavy (non-hydrogen) atoms. The van der Waals surface area contributed by atoms with Gasteiger partial charge in [-0.25, -0.2) is 4.39 Å². The molecule has 0 radical (unpaired) electrons. The summed E-state index contributed by atoms with van der Waals surface area (Å²) in [5.41, 5.74) is 0.598. The second-order valence-corrected chi connectivity index (χ2v) is 6.37. The number of benzene rings is 1. The largest absolute Gasteiger partial charge is 0.378 e. The third-order valence-electron chi connectivity index (χ3n) is 4.73. The van der Waals surface area contributed by atoms with Gasteiger partial charge >= 0.3 is 11.8 Å². The maximum Gasteiger partial charge on any atom is 0.312 e. The molecular weight excluding hydrogens is 341 g/mol. The molecule has 0 N–H and O–H groups in total. The number of amides is 2. The molecule has 7 nitrogen and oxygen atoms in total. The van der Waals surface area contributed by atoms with Crippen LogP contribution in [-0.2, 0) is 14.3 Å². The number of carbonyl (C=O) groups excluding carboxylic acids is 3. The van der Waals surface area contributed by atoms with Crippen LogP contribution in [0.2, 0.25) is 0 Å². The summed E-state index contributed by atoms with van der Waals surface area (Å²) in [6.07, 6.45) is 0. The second kappa shape index (κ2) is 7.82. The maximum atomic E-state index is 14.0. The van der Waals surface area contributed by atoms with Crippen LogP contribution in [0.3, 0.4) is 0 Å². The first-order valence-electron chi connectivity index (χ1n) is 8.69. The van der Waals surface area contributed by atoms with Gasteiger partial charge in [0.15, 0.2) is 5.78 Å². The quantitative estimate of drug-likeness (QED) is 0.567. The average molecular weight is 363 g/mol. The van der Waals surface area contributed by atoms with Crippen molar-refractivity contribution in [2.24, 2.45) is 0 Å². The van der Waals surface area contributed by atoms with Gasteiger partial charge < -0.3 is 19.4 Å². The summed E-state index contributed by atoms with van der Waals surface area (Å²) in [4.78, 5) is 41.4. The SMILES string of the molecule is CC(=O)c1c(F)cccc1N1CCN(C(=O)C(=O)N2CCOCC2)CC1. The van der Waals surface area contributed by atoms with Gasteiger partial charge in [-0.2, -0.15) is 0 Å². The van der Waals surface area contributed by atoms with Gasteiger partial charge in [-0.15, -0.1) is 0 Å². The van der Waals surface area contributed by atoms with E-state index in [9.17, 15) is 18.8 Å². The molecule has 2 aliphatic heterocycles. The number of hydrogen-bond acceptors (Lipinski definition) is 5. The molecule has 2 amide bonds. The van der Waals surface area contributed by atoms with Crippen molar-refractivity contribution in [2.45, 2.75) is 6.92 Å². The van der Waals surface area contributed by atoms with Crippen molar-refractivity contribution in [3.05, 3.63) is 29.6 Å². The first-order valence-corrected chi connectivity index (χ1v) is 8.69. The van der Waals surface area contributed by atoms with Crippen molar-refractivity contribution in [1.82, 2.24) is 9.80 Å². The number of piperazine rings is 1. The average Bonchev–Trinajstić information content (AvgIpc) is 2.67. The third kappa shape index (κ3) is 3.70. The van der Waals surface area contributed by atoms with E-state index in [4.69, 9.17) is 4.74 Å². The molecule has 2 heterocycles. The number of ether oxygens (including phenoxy) is 1. The summed E-state index contributed by atoms with van der Waals surface area (Å²) < 4.78 is 19.2. The van der Waals surface area contributed by atoms with E-state index in [0.717, 1.165) is 0 Å². The molecule has 140 valence electrons. The number of hydrogen-bond donors (Lipinski definition) is 0. The van der Waals surface area contributed by atoms with Gasteiger partial charge in [0, 0.05) is 39.3 Å². The Morgan fingerprint density at radius 3 is 2.08 bits per heavy atom. The van der Waals surface area contributed by atoms with Crippen molar-refractivity contribution in [2.75, 3.05) is 57.4 Å². The highest BCUT2D eigenvalue weighted by atomic mass is 19.1. The Balaban J connectivity index is 1.64. The molecule has 2 fully saturated rings. The monoisotopic (exact) mass is 363 g/mol. The zero-order valence-corrected chi connectivity index (χ0v) is 14.7. The maximum absolute atomic E-state index is 14.0. The van der Waals surface area contributed by atoms with Crippen LogP contribution in [0.1, 0.15) is 17.3 Å². The number of rotatable bonds is 2. The highest BCUT2D eigenvalue weighted by Gasteiger charge is 2.31.